The molecule has 1 aliphatic carbocycles. The normalized spacial score (nSPS) is 24.6. The molecule has 1 unspecified atom stereocenters. The second-order valence-corrected chi connectivity index (χ2v) is 2.78. The van der Waals surface area contributed by atoms with Crippen molar-refractivity contribution in [1.82, 2.24) is 0 Å². The summed E-state index contributed by atoms with van der Waals surface area (Å²) in [5, 5.41) is 8.62. The molecule has 2 heteroatoms. The summed E-state index contributed by atoms with van der Waals surface area (Å²) in [6, 6.07) is 2.17. The average Bonchev–Trinajstić information content (AvgIpc) is 2.68. The molecule has 1 aliphatic rings. The zero-order chi connectivity index (χ0) is 6.91. The predicted molar refractivity (Wildman–Crippen MR) is 35.5 cm³/mol. The summed E-state index contributed by atoms with van der Waals surface area (Å²) in [4.78, 5) is 0. The Bertz CT molecular complexity index is 143. The van der Waals surface area contributed by atoms with Crippen LogP contribution in [0.4, 0.5) is 0 Å². The summed E-state index contributed by atoms with van der Waals surface area (Å²) in [6.45, 7) is 1.97. The van der Waals surface area contributed by atoms with Gasteiger partial charge < -0.3 is 5.73 Å². The lowest BCUT2D eigenvalue weighted by atomic mass is 9.94. The van der Waals surface area contributed by atoms with E-state index in [4.69, 9.17) is 11.0 Å². The van der Waals surface area contributed by atoms with Crippen LogP contribution < -0.4 is 5.73 Å². The molecule has 0 bridgehead atoms. The zero-order valence-electron chi connectivity index (χ0n) is 5.72. The van der Waals surface area contributed by atoms with Gasteiger partial charge in [0, 0.05) is 0 Å². The van der Waals surface area contributed by atoms with Gasteiger partial charge in [0.1, 0.15) is 5.54 Å². The quantitative estimate of drug-likeness (QED) is 0.597. The summed E-state index contributed by atoms with van der Waals surface area (Å²) in [5.74, 6) is 0.493. The van der Waals surface area contributed by atoms with E-state index in [-0.39, 0.29) is 0 Å². The molecule has 1 rings (SSSR count). The highest BCUT2D eigenvalue weighted by Gasteiger charge is 2.40. The maximum absolute atomic E-state index is 8.62. The third-order valence-electron chi connectivity index (χ3n) is 2.10. The Hall–Kier alpha value is -0.550. The van der Waals surface area contributed by atoms with Crippen LogP contribution in [0.2, 0.25) is 0 Å². The van der Waals surface area contributed by atoms with Gasteiger partial charge >= 0.3 is 0 Å². The maximum Gasteiger partial charge on any atom is 0.106 e. The van der Waals surface area contributed by atoms with Crippen molar-refractivity contribution in [2.24, 2.45) is 11.7 Å². The monoisotopic (exact) mass is 124 g/mol. The average molecular weight is 124 g/mol. The highest BCUT2D eigenvalue weighted by Crippen LogP contribution is 2.39. The van der Waals surface area contributed by atoms with Crippen LogP contribution in [0, 0.1) is 17.2 Å². The first-order chi connectivity index (χ1) is 4.23. The SMILES string of the molecule is CCC(N)(C#N)C1CC1. The summed E-state index contributed by atoms with van der Waals surface area (Å²) in [7, 11) is 0. The van der Waals surface area contributed by atoms with E-state index in [1.165, 1.54) is 0 Å². The van der Waals surface area contributed by atoms with Crippen molar-refractivity contribution in [2.75, 3.05) is 0 Å². The number of rotatable bonds is 2. The molecule has 0 saturated heterocycles. The van der Waals surface area contributed by atoms with E-state index in [0.29, 0.717) is 5.92 Å². The van der Waals surface area contributed by atoms with Gasteiger partial charge in [-0.3, -0.25) is 0 Å². The summed E-state index contributed by atoms with van der Waals surface area (Å²) < 4.78 is 0. The molecule has 2 nitrogen and oxygen atoms in total. The topological polar surface area (TPSA) is 49.8 Å². The van der Waals surface area contributed by atoms with Crippen molar-refractivity contribution >= 4 is 0 Å². The Balaban J connectivity index is 2.56. The molecule has 50 valence electrons. The molecule has 1 saturated carbocycles. The number of hydrogen-bond acceptors (Lipinski definition) is 2. The van der Waals surface area contributed by atoms with Gasteiger partial charge in [0.05, 0.1) is 6.07 Å². The second kappa shape index (κ2) is 2.00. The van der Waals surface area contributed by atoms with E-state index in [0.717, 1.165) is 19.3 Å². The van der Waals surface area contributed by atoms with E-state index in [2.05, 4.69) is 6.07 Å². The summed E-state index contributed by atoms with van der Waals surface area (Å²) >= 11 is 0. The number of nitriles is 1. The minimum Gasteiger partial charge on any atom is -0.313 e. The molecule has 1 fully saturated rings. The molecular weight excluding hydrogens is 112 g/mol. The molecule has 0 radical (unpaired) electrons. The Morgan fingerprint density at radius 2 is 2.33 bits per heavy atom. The van der Waals surface area contributed by atoms with Crippen molar-refractivity contribution in [2.45, 2.75) is 31.7 Å². The Morgan fingerprint density at radius 3 is 2.44 bits per heavy atom. The van der Waals surface area contributed by atoms with Gasteiger partial charge in [-0.15, -0.1) is 0 Å². The van der Waals surface area contributed by atoms with Gasteiger partial charge in [0.15, 0.2) is 0 Å². The minimum absolute atomic E-state index is 0.493. The fraction of sp³-hybridized carbons (Fsp3) is 0.857. The van der Waals surface area contributed by atoms with Crippen molar-refractivity contribution in [3.8, 4) is 6.07 Å². The smallest absolute Gasteiger partial charge is 0.106 e. The molecule has 0 aromatic rings. The van der Waals surface area contributed by atoms with E-state index in [1.807, 2.05) is 6.92 Å². The molecule has 2 N–H and O–H groups in total. The molecule has 0 spiro atoms. The lowest BCUT2D eigenvalue weighted by Crippen LogP contribution is -2.39. The lowest BCUT2D eigenvalue weighted by Gasteiger charge is -2.17. The van der Waals surface area contributed by atoms with Gasteiger partial charge in [-0.2, -0.15) is 5.26 Å². The fourth-order valence-corrected chi connectivity index (χ4v) is 1.06. The Labute approximate surface area is 55.7 Å². The zero-order valence-corrected chi connectivity index (χ0v) is 5.72. The first-order valence-corrected chi connectivity index (χ1v) is 3.43. The van der Waals surface area contributed by atoms with Crippen molar-refractivity contribution in [3.05, 3.63) is 0 Å². The number of nitrogens with two attached hydrogens (primary N) is 1. The Kier molecular flexibility index (Phi) is 1.46. The minimum atomic E-state index is -0.500. The highest BCUT2D eigenvalue weighted by molar-refractivity contribution is 5.12. The lowest BCUT2D eigenvalue weighted by molar-refractivity contribution is 0.460. The van der Waals surface area contributed by atoms with E-state index >= 15 is 0 Å². The van der Waals surface area contributed by atoms with Gasteiger partial charge in [0.2, 0.25) is 0 Å². The van der Waals surface area contributed by atoms with Crippen molar-refractivity contribution < 1.29 is 0 Å². The molecule has 0 amide bonds. The van der Waals surface area contributed by atoms with Crippen LogP contribution in [0.15, 0.2) is 0 Å². The molecule has 1 atom stereocenters. The third kappa shape index (κ3) is 1.06. The molecule has 9 heavy (non-hydrogen) atoms. The van der Waals surface area contributed by atoms with E-state index in [9.17, 15) is 0 Å². The fourth-order valence-electron chi connectivity index (χ4n) is 1.06. The van der Waals surface area contributed by atoms with Crippen LogP contribution in [0.1, 0.15) is 26.2 Å². The van der Waals surface area contributed by atoms with Crippen LogP contribution in [-0.4, -0.2) is 5.54 Å². The van der Waals surface area contributed by atoms with Crippen LogP contribution >= 0.6 is 0 Å². The molecule has 0 heterocycles. The summed E-state index contributed by atoms with van der Waals surface area (Å²) in [6.07, 6.45) is 3.09. The van der Waals surface area contributed by atoms with Gasteiger partial charge in [0.25, 0.3) is 0 Å². The van der Waals surface area contributed by atoms with Crippen molar-refractivity contribution in [1.29, 1.82) is 5.26 Å². The molecule has 0 aromatic carbocycles. The molecule has 0 aromatic heterocycles. The maximum atomic E-state index is 8.62. The van der Waals surface area contributed by atoms with Gasteiger partial charge in [-0.1, -0.05) is 6.92 Å². The van der Waals surface area contributed by atoms with E-state index in [1.54, 1.807) is 0 Å². The van der Waals surface area contributed by atoms with Crippen LogP contribution in [0.5, 0.6) is 0 Å². The van der Waals surface area contributed by atoms with Gasteiger partial charge in [-0.25, -0.2) is 0 Å². The third-order valence-corrected chi connectivity index (χ3v) is 2.10. The largest absolute Gasteiger partial charge is 0.313 e. The predicted octanol–water partition coefficient (Wildman–Crippen LogP) is 1.03. The van der Waals surface area contributed by atoms with Crippen LogP contribution in [-0.2, 0) is 0 Å². The Morgan fingerprint density at radius 1 is 1.78 bits per heavy atom. The first-order valence-electron chi connectivity index (χ1n) is 3.43. The number of nitrogens with zero attached hydrogens (tertiary/aromatic N) is 1. The molecular formula is C7H12N2. The second-order valence-electron chi connectivity index (χ2n) is 2.78. The molecule has 0 aliphatic heterocycles. The highest BCUT2D eigenvalue weighted by atomic mass is 14.8. The van der Waals surface area contributed by atoms with Crippen LogP contribution in [0.3, 0.4) is 0 Å². The summed E-state index contributed by atoms with van der Waals surface area (Å²) in [5.41, 5.74) is 5.24. The van der Waals surface area contributed by atoms with Crippen LogP contribution in [0.25, 0.3) is 0 Å². The van der Waals surface area contributed by atoms with E-state index < -0.39 is 5.54 Å². The van der Waals surface area contributed by atoms with Gasteiger partial charge in [-0.05, 0) is 25.2 Å². The number of hydrogen-bond donors (Lipinski definition) is 1. The van der Waals surface area contributed by atoms with Crippen molar-refractivity contribution in [3.63, 3.8) is 0 Å². The first kappa shape index (κ1) is 6.57. The standard InChI is InChI=1S/C7H12N2/c1-2-7(9,5-8)6-3-4-6/h6H,2-4,9H2,1H3.